The van der Waals surface area contributed by atoms with Gasteiger partial charge in [-0.05, 0) is 30.7 Å². The van der Waals surface area contributed by atoms with Gasteiger partial charge in [0.2, 0.25) is 0 Å². The van der Waals surface area contributed by atoms with E-state index in [0.717, 1.165) is 18.7 Å². The highest BCUT2D eigenvalue weighted by Crippen LogP contribution is 2.12. The van der Waals surface area contributed by atoms with E-state index in [2.05, 4.69) is 12.2 Å². The molecule has 23 heavy (non-hydrogen) atoms. The number of esters is 1. The Bertz CT molecular complexity index is 433. The van der Waals surface area contributed by atoms with Crippen LogP contribution in [0.5, 0.6) is 0 Å². The van der Waals surface area contributed by atoms with Gasteiger partial charge < -0.3 is 20.3 Å². The summed E-state index contributed by atoms with van der Waals surface area (Å²) in [5.74, 6) is -0.500. The summed E-state index contributed by atoms with van der Waals surface area (Å²) in [5.41, 5.74) is 1.41. The highest BCUT2D eigenvalue weighted by molar-refractivity contribution is 5.89. The number of carbonyl (C=O) groups excluding carboxylic acids is 1. The SMILES string of the molecule is CCCCCCCCNc1ccc(C(=O)OCC(O)CO)cc1. The largest absolute Gasteiger partial charge is 0.459 e. The molecule has 1 unspecified atom stereocenters. The number of carbonyl (C=O) groups is 1. The van der Waals surface area contributed by atoms with Gasteiger partial charge in [-0.2, -0.15) is 0 Å². The molecule has 0 saturated carbocycles. The molecule has 0 bridgehead atoms. The molecule has 130 valence electrons. The van der Waals surface area contributed by atoms with Gasteiger partial charge in [-0.3, -0.25) is 0 Å². The Morgan fingerprint density at radius 3 is 2.43 bits per heavy atom. The second kappa shape index (κ2) is 11.9. The number of ether oxygens (including phenoxy) is 1. The minimum atomic E-state index is -1.03. The number of hydrogen-bond donors (Lipinski definition) is 3. The third-order valence-corrected chi connectivity index (χ3v) is 3.60. The van der Waals surface area contributed by atoms with Crippen LogP contribution in [0.2, 0.25) is 0 Å². The van der Waals surface area contributed by atoms with Crippen molar-refractivity contribution in [3.63, 3.8) is 0 Å². The van der Waals surface area contributed by atoms with Crippen LogP contribution >= 0.6 is 0 Å². The Morgan fingerprint density at radius 1 is 1.13 bits per heavy atom. The van der Waals surface area contributed by atoms with Gasteiger partial charge >= 0.3 is 5.97 Å². The Balaban J connectivity index is 2.23. The molecule has 0 saturated heterocycles. The summed E-state index contributed by atoms with van der Waals surface area (Å²) in [6, 6.07) is 7.07. The van der Waals surface area contributed by atoms with Crippen LogP contribution in [0.3, 0.4) is 0 Å². The van der Waals surface area contributed by atoms with E-state index in [1.807, 2.05) is 12.1 Å². The predicted octanol–water partition coefficient (Wildman–Crippen LogP) is 2.97. The first-order chi connectivity index (χ1) is 11.2. The first kappa shape index (κ1) is 19.5. The molecule has 0 fully saturated rings. The van der Waals surface area contributed by atoms with Crippen molar-refractivity contribution in [3.8, 4) is 0 Å². The van der Waals surface area contributed by atoms with Gasteiger partial charge in [0.05, 0.1) is 12.2 Å². The number of hydrogen-bond acceptors (Lipinski definition) is 5. The van der Waals surface area contributed by atoms with Crippen molar-refractivity contribution in [2.75, 3.05) is 25.1 Å². The van der Waals surface area contributed by atoms with Crippen LogP contribution in [0.15, 0.2) is 24.3 Å². The summed E-state index contributed by atoms with van der Waals surface area (Å²) in [5, 5.41) is 21.2. The molecule has 0 aliphatic heterocycles. The molecule has 0 radical (unpaired) electrons. The van der Waals surface area contributed by atoms with Crippen LogP contribution in [-0.4, -0.2) is 42.0 Å². The lowest BCUT2D eigenvalue weighted by atomic mass is 10.1. The van der Waals surface area contributed by atoms with Gasteiger partial charge in [-0.15, -0.1) is 0 Å². The quantitative estimate of drug-likeness (QED) is 0.407. The molecule has 0 heterocycles. The zero-order valence-corrected chi connectivity index (χ0v) is 14.0. The first-order valence-corrected chi connectivity index (χ1v) is 8.47. The van der Waals surface area contributed by atoms with Crippen molar-refractivity contribution in [1.82, 2.24) is 0 Å². The molecule has 1 rings (SSSR count). The lowest BCUT2D eigenvalue weighted by Crippen LogP contribution is -2.21. The van der Waals surface area contributed by atoms with Crippen LogP contribution < -0.4 is 5.32 Å². The van der Waals surface area contributed by atoms with Crippen LogP contribution in [-0.2, 0) is 4.74 Å². The van der Waals surface area contributed by atoms with Crippen molar-refractivity contribution in [2.24, 2.45) is 0 Å². The van der Waals surface area contributed by atoms with Crippen molar-refractivity contribution in [1.29, 1.82) is 0 Å². The van der Waals surface area contributed by atoms with Gasteiger partial charge in [-0.1, -0.05) is 39.0 Å². The maximum atomic E-state index is 11.7. The summed E-state index contributed by atoms with van der Waals surface area (Å²) in [6.07, 6.45) is 6.55. The summed E-state index contributed by atoms with van der Waals surface area (Å²) in [7, 11) is 0. The third-order valence-electron chi connectivity index (χ3n) is 3.60. The van der Waals surface area contributed by atoms with E-state index >= 15 is 0 Å². The molecular formula is C18H29NO4. The second-order valence-corrected chi connectivity index (χ2v) is 5.71. The first-order valence-electron chi connectivity index (χ1n) is 8.47. The van der Waals surface area contributed by atoms with E-state index < -0.39 is 18.7 Å². The fraction of sp³-hybridized carbons (Fsp3) is 0.611. The minimum absolute atomic E-state index is 0.201. The summed E-state index contributed by atoms with van der Waals surface area (Å²) >= 11 is 0. The number of rotatable bonds is 12. The molecule has 1 aromatic rings. The number of aliphatic hydroxyl groups excluding tert-OH is 2. The van der Waals surface area contributed by atoms with Gasteiger partial charge in [0.15, 0.2) is 0 Å². The maximum Gasteiger partial charge on any atom is 0.338 e. The van der Waals surface area contributed by atoms with E-state index in [1.165, 1.54) is 32.1 Å². The molecule has 0 spiro atoms. The Hall–Kier alpha value is -1.59. The van der Waals surface area contributed by atoms with Crippen LogP contribution in [0, 0.1) is 0 Å². The topological polar surface area (TPSA) is 78.8 Å². The van der Waals surface area contributed by atoms with Gasteiger partial charge in [-0.25, -0.2) is 4.79 Å². The molecule has 0 aromatic heterocycles. The molecule has 5 heteroatoms. The number of benzene rings is 1. The van der Waals surface area contributed by atoms with Crippen molar-refractivity contribution in [3.05, 3.63) is 29.8 Å². The van der Waals surface area contributed by atoms with Crippen molar-refractivity contribution >= 4 is 11.7 Å². The molecule has 5 nitrogen and oxygen atoms in total. The number of unbranched alkanes of at least 4 members (excludes halogenated alkanes) is 5. The van der Waals surface area contributed by atoms with Gasteiger partial charge in [0.1, 0.15) is 12.7 Å². The van der Waals surface area contributed by atoms with Crippen molar-refractivity contribution in [2.45, 2.75) is 51.6 Å². The summed E-state index contributed by atoms with van der Waals surface area (Å²) < 4.78 is 4.90. The number of anilines is 1. The van der Waals surface area contributed by atoms with E-state index in [4.69, 9.17) is 14.9 Å². The maximum absolute atomic E-state index is 11.7. The summed E-state index contributed by atoms with van der Waals surface area (Å²) in [6.45, 7) is 2.52. The fourth-order valence-corrected chi connectivity index (χ4v) is 2.17. The average Bonchev–Trinajstić information content (AvgIpc) is 2.59. The van der Waals surface area contributed by atoms with E-state index in [-0.39, 0.29) is 6.61 Å². The highest BCUT2D eigenvalue weighted by Gasteiger charge is 2.10. The predicted molar refractivity (Wildman–Crippen MR) is 91.7 cm³/mol. The molecule has 1 atom stereocenters. The molecule has 1 aromatic carbocycles. The molecular weight excluding hydrogens is 294 g/mol. The van der Waals surface area contributed by atoms with Crippen molar-refractivity contribution < 1.29 is 19.7 Å². The lowest BCUT2D eigenvalue weighted by molar-refractivity contribution is 0.00933. The fourth-order valence-electron chi connectivity index (χ4n) is 2.17. The number of nitrogens with one attached hydrogen (secondary N) is 1. The Kier molecular flexibility index (Phi) is 10.1. The minimum Gasteiger partial charge on any atom is -0.459 e. The van der Waals surface area contributed by atoms with Crippen LogP contribution in [0.25, 0.3) is 0 Å². The Labute approximate surface area is 138 Å². The standard InChI is InChI=1S/C18H29NO4/c1-2-3-4-5-6-7-12-19-16-10-8-15(9-11-16)18(22)23-14-17(21)13-20/h8-11,17,19-21H,2-7,12-14H2,1H3. The van der Waals surface area contributed by atoms with E-state index in [9.17, 15) is 4.79 Å². The molecule has 3 N–H and O–H groups in total. The molecule has 0 amide bonds. The van der Waals surface area contributed by atoms with Gasteiger partial charge in [0.25, 0.3) is 0 Å². The zero-order valence-electron chi connectivity index (χ0n) is 14.0. The molecule has 0 aliphatic rings. The Morgan fingerprint density at radius 2 is 1.78 bits per heavy atom. The smallest absolute Gasteiger partial charge is 0.338 e. The highest BCUT2D eigenvalue weighted by atomic mass is 16.5. The van der Waals surface area contributed by atoms with Crippen LogP contribution in [0.4, 0.5) is 5.69 Å². The van der Waals surface area contributed by atoms with E-state index in [0.29, 0.717) is 5.56 Å². The lowest BCUT2D eigenvalue weighted by Gasteiger charge is -2.09. The monoisotopic (exact) mass is 323 g/mol. The average molecular weight is 323 g/mol. The van der Waals surface area contributed by atoms with Gasteiger partial charge in [0, 0.05) is 12.2 Å². The summed E-state index contributed by atoms with van der Waals surface area (Å²) in [4.78, 5) is 11.7. The molecule has 0 aliphatic carbocycles. The second-order valence-electron chi connectivity index (χ2n) is 5.71. The number of aliphatic hydroxyl groups is 2. The van der Waals surface area contributed by atoms with E-state index in [1.54, 1.807) is 12.1 Å². The van der Waals surface area contributed by atoms with Crippen LogP contribution in [0.1, 0.15) is 55.8 Å². The zero-order chi connectivity index (χ0) is 16.9. The third kappa shape index (κ3) is 8.57. The normalized spacial score (nSPS) is 12.0.